The first-order valence-electron chi connectivity index (χ1n) is 7.98. The molecule has 0 fully saturated rings. The Morgan fingerprint density at radius 1 is 1.43 bits per heavy atom. The average Bonchev–Trinajstić information content (AvgIpc) is 2.87. The number of carbonyl (C=O) groups is 1. The highest BCUT2D eigenvalue weighted by atomic mass is 16.5. The highest BCUT2D eigenvalue weighted by molar-refractivity contribution is 5.83. The number of esters is 1. The van der Waals surface area contributed by atoms with Crippen molar-refractivity contribution in [3.05, 3.63) is 35.6 Å². The molecule has 0 amide bonds. The van der Waals surface area contributed by atoms with E-state index in [1.165, 1.54) is 19.6 Å². The summed E-state index contributed by atoms with van der Waals surface area (Å²) in [5, 5.41) is 0. The van der Waals surface area contributed by atoms with Crippen molar-refractivity contribution in [2.75, 3.05) is 7.11 Å². The fourth-order valence-electron chi connectivity index (χ4n) is 2.42. The first-order valence-corrected chi connectivity index (χ1v) is 7.98. The van der Waals surface area contributed by atoms with Gasteiger partial charge in [-0.15, -0.1) is 0 Å². The molecule has 118 valence electrons. The predicted octanol–water partition coefficient (Wildman–Crippen LogP) is 4.55. The van der Waals surface area contributed by atoms with Gasteiger partial charge in [0.15, 0.2) is 0 Å². The number of hydrogen-bond donors (Lipinski definition) is 0. The van der Waals surface area contributed by atoms with Crippen LogP contribution >= 0.6 is 0 Å². The lowest BCUT2D eigenvalue weighted by atomic mass is 9.97. The maximum absolute atomic E-state index is 11.4. The summed E-state index contributed by atoms with van der Waals surface area (Å²) in [6.45, 7) is 6.46. The summed E-state index contributed by atoms with van der Waals surface area (Å²) in [7, 11) is 1.38. The lowest BCUT2D eigenvalue weighted by Gasteiger charge is -2.16. The maximum atomic E-state index is 11.4. The second kappa shape index (κ2) is 9.43. The Bertz CT molecular complexity index is 418. The summed E-state index contributed by atoms with van der Waals surface area (Å²) >= 11 is 0. The zero-order valence-electron chi connectivity index (χ0n) is 13.7. The number of hydrogen-bond acceptors (Lipinski definition) is 3. The third kappa shape index (κ3) is 5.78. The Balaban J connectivity index is 2.67. The second-order valence-corrected chi connectivity index (χ2v) is 5.35. The molecular weight excluding hydrogens is 264 g/mol. The molecule has 0 bridgehead atoms. The van der Waals surface area contributed by atoms with Gasteiger partial charge in [0, 0.05) is 0 Å². The van der Waals surface area contributed by atoms with E-state index in [4.69, 9.17) is 4.74 Å². The van der Waals surface area contributed by atoms with Gasteiger partial charge < -0.3 is 9.47 Å². The van der Waals surface area contributed by atoms with E-state index in [9.17, 15) is 4.79 Å². The van der Waals surface area contributed by atoms with Crippen LogP contribution in [-0.4, -0.2) is 19.2 Å². The molecule has 3 heteroatoms. The minimum Gasteiger partial charge on any atom is -0.486 e. The Labute approximate surface area is 128 Å². The zero-order valence-corrected chi connectivity index (χ0v) is 13.7. The van der Waals surface area contributed by atoms with Crippen molar-refractivity contribution in [1.29, 1.82) is 0 Å². The summed E-state index contributed by atoms with van der Waals surface area (Å²) in [5.74, 6) is 0.829. The Morgan fingerprint density at radius 3 is 2.76 bits per heavy atom. The van der Waals surface area contributed by atoms with Crippen LogP contribution in [-0.2, 0) is 14.3 Å². The SMILES string of the molecule is CCCC=C[C@H](CC)C[C@@H]1C=C(CC)C(=CC(=O)OC)O1. The maximum Gasteiger partial charge on any atom is 0.334 e. The van der Waals surface area contributed by atoms with Gasteiger partial charge in [0.05, 0.1) is 13.2 Å². The van der Waals surface area contributed by atoms with E-state index in [1.807, 2.05) is 0 Å². The molecule has 0 aliphatic carbocycles. The van der Waals surface area contributed by atoms with E-state index in [0.29, 0.717) is 11.7 Å². The highest BCUT2D eigenvalue weighted by Crippen LogP contribution is 2.30. The molecule has 1 aliphatic heterocycles. The number of unbranched alkanes of at least 4 members (excludes halogenated alkanes) is 1. The van der Waals surface area contributed by atoms with Crippen LogP contribution in [0, 0.1) is 5.92 Å². The number of carbonyl (C=O) groups excluding carboxylic acids is 1. The Hall–Kier alpha value is -1.51. The van der Waals surface area contributed by atoms with E-state index in [2.05, 4.69) is 43.7 Å². The monoisotopic (exact) mass is 292 g/mol. The largest absolute Gasteiger partial charge is 0.486 e. The van der Waals surface area contributed by atoms with E-state index in [-0.39, 0.29) is 12.1 Å². The van der Waals surface area contributed by atoms with Crippen molar-refractivity contribution in [3.63, 3.8) is 0 Å². The van der Waals surface area contributed by atoms with Crippen molar-refractivity contribution in [2.24, 2.45) is 5.92 Å². The molecule has 1 aliphatic rings. The molecule has 21 heavy (non-hydrogen) atoms. The van der Waals surface area contributed by atoms with Gasteiger partial charge in [-0.05, 0) is 43.3 Å². The van der Waals surface area contributed by atoms with Crippen molar-refractivity contribution in [1.82, 2.24) is 0 Å². The molecule has 0 radical (unpaired) electrons. The van der Waals surface area contributed by atoms with Gasteiger partial charge in [0.2, 0.25) is 0 Å². The van der Waals surface area contributed by atoms with Gasteiger partial charge in [-0.3, -0.25) is 0 Å². The van der Waals surface area contributed by atoms with Crippen LogP contribution in [0.1, 0.15) is 52.9 Å². The number of methoxy groups -OCH3 is 1. The fourth-order valence-corrected chi connectivity index (χ4v) is 2.42. The smallest absolute Gasteiger partial charge is 0.334 e. The van der Waals surface area contributed by atoms with Crippen LogP contribution in [0.3, 0.4) is 0 Å². The normalized spacial score (nSPS) is 21.4. The number of allylic oxidation sites excluding steroid dienone is 3. The first kappa shape index (κ1) is 17.5. The van der Waals surface area contributed by atoms with Crippen molar-refractivity contribution in [2.45, 2.75) is 59.0 Å². The molecule has 3 nitrogen and oxygen atoms in total. The van der Waals surface area contributed by atoms with Crippen molar-refractivity contribution in [3.8, 4) is 0 Å². The van der Waals surface area contributed by atoms with E-state index >= 15 is 0 Å². The molecule has 0 saturated heterocycles. The molecule has 0 spiro atoms. The lowest BCUT2D eigenvalue weighted by molar-refractivity contribution is -0.135. The number of rotatable bonds is 8. The minimum absolute atomic E-state index is 0.0621. The molecule has 0 N–H and O–H groups in total. The predicted molar refractivity (Wildman–Crippen MR) is 85.8 cm³/mol. The fraction of sp³-hybridized carbons (Fsp3) is 0.611. The Kier molecular flexibility index (Phi) is 7.88. The summed E-state index contributed by atoms with van der Waals surface area (Å²) in [6.07, 6.45) is 13.4. The van der Waals surface area contributed by atoms with E-state index in [1.54, 1.807) is 0 Å². The molecule has 1 rings (SSSR count). The third-order valence-corrected chi connectivity index (χ3v) is 3.74. The topological polar surface area (TPSA) is 35.5 Å². The quantitative estimate of drug-likeness (QED) is 0.374. The van der Waals surface area contributed by atoms with Crippen LogP contribution < -0.4 is 0 Å². The lowest BCUT2D eigenvalue weighted by Crippen LogP contribution is -2.10. The highest BCUT2D eigenvalue weighted by Gasteiger charge is 2.23. The molecule has 0 unspecified atom stereocenters. The van der Waals surface area contributed by atoms with Crippen LogP contribution in [0.25, 0.3) is 0 Å². The van der Waals surface area contributed by atoms with Crippen LogP contribution in [0.5, 0.6) is 0 Å². The summed E-state index contributed by atoms with van der Waals surface area (Å²) < 4.78 is 10.6. The summed E-state index contributed by atoms with van der Waals surface area (Å²) in [6, 6.07) is 0. The van der Waals surface area contributed by atoms with Gasteiger partial charge in [-0.25, -0.2) is 4.79 Å². The minimum atomic E-state index is -0.361. The number of ether oxygens (including phenoxy) is 2. The van der Waals surface area contributed by atoms with Crippen molar-refractivity contribution < 1.29 is 14.3 Å². The average molecular weight is 292 g/mol. The molecule has 0 aromatic carbocycles. The summed E-state index contributed by atoms with van der Waals surface area (Å²) in [4.78, 5) is 11.4. The van der Waals surface area contributed by atoms with Gasteiger partial charge in [-0.1, -0.05) is 39.3 Å². The van der Waals surface area contributed by atoms with E-state index in [0.717, 1.165) is 31.3 Å². The van der Waals surface area contributed by atoms with Gasteiger partial charge in [0.25, 0.3) is 0 Å². The van der Waals surface area contributed by atoms with Crippen molar-refractivity contribution >= 4 is 5.97 Å². The van der Waals surface area contributed by atoms with Gasteiger partial charge in [-0.2, -0.15) is 0 Å². The molecule has 0 aromatic heterocycles. The Morgan fingerprint density at radius 2 is 2.19 bits per heavy atom. The summed E-state index contributed by atoms with van der Waals surface area (Å²) in [5.41, 5.74) is 1.10. The van der Waals surface area contributed by atoms with E-state index < -0.39 is 0 Å². The van der Waals surface area contributed by atoms with Crippen LogP contribution in [0.4, 0.5) is 0 Å². The standard InChI is InChI=1S/C18H28O3/c1-5-8-9-10-14(6-2)11-16-12-15(7-3)17(21-16)13-18(19)20-4/h9-10,12-14,16H,5-8,11H2,1-4H3/t14-,16+/m0/s1. The molecule has 0 saturated carbocycles. The molecular formula is C18H28O3. The van der Waals surface area contributed by atoms with Gasteiger partial charge in [0.1, 0.15) is 11.9 Å². The molecule has 0 aromatic rings. The molecule has 1 heterocycles. The van der Waals surface area contributed by atoms with Crippen LogP contribution in [0.2, 0.25) is 0 Å². The third-order valence-electron chi connectivity index (χ3n) is 3.74. The van der Waals surface area contributed by atoms with Gasteiger partial charge >= 0.3 is 5.97 Å². The second-order valence-electron chi connectivity index (χ2n) is 5.35. The molecule has 2 atom stereocenters. The van der Waals surface area contributed by atoms with Crippen LogP contribution in [0.15, 0.2) is 35.6 Å². The first-order chi connectivity index (χ1) is 10.1. The zero-order chi connectivity index (χ0) is 15.7.